The van der Waals surface area contributed by atoms with Crippen molar-refractivity contribution in [2.45, 2.75) is 6.04 Å². The largest absolute Gasteiger partial charge is 0.497 e. The predicted octanol–water partition coefficient (Wildman–Crippen LogP) is 2.19. The highest BCUT2D eigenvalue weighted by atomic mass is 16.5. The second kappa shape index (κ2) is 7.82. The molecule has 2 heterocycles. The van der Waals surface area contributed by atoms with Crippen LogP contribution >= 0.6 is 0 Å². The number of carbonyl (C=O) groups is 1. The number of benzene rings is 2. The molecule has 152 valence electrons. The number of aromatic nitrogens is 4. The second-order valence-corrected chi connectivity index (χ2v) is 6.90. The third kappa shape index (κ3) is 3.43. The molecule has 0 saturated heterocycles. The first-order chi connectivity index (χ1) is 14.5. The van der Waals surface area contributed by atoms with Crippen molar-refractivity contribution in [3.63, 3.8) is 0 Å². The van der Waals surface area contributed by atoms with Crippen LogP contribution in [0.2, 0.25) is 0 Å². The Labute approximate surface area is 172 Å². The molecular formula is C22H21N5O3. The number of aryl methyl sites for hydroxylation is 2. The maximum atomic E-state index is 13.3. The fourth-order valence-electron chi connectivity index (χ4n) is 3.42. The monoisotopic (exact) mass is 403 g/mol. The summed E-state index contributed by atoms with van der Waals surface area (Å²) >= 11 is 0. The lowest BCUT2D eigenvalue weighted by Gasteiger charge is -2.20. The Morgan fingerprint density at radius 2 is 1.77 bits per heavy atom. The van der Waals surface area contributed by atoms with Gasteiger partial charge in [0.1, 0.15) is 17.6 Å². The second-order valence-electron chi connectivity index (χ2n) is 6.90. The first kappa shape index (κ1) is 19.4. The molecule has 8 nitrogen and oxygen atoms in total. The molecule has 8 heteroatoms. The van der Waals surface area contributed by atoms with Crippen molar-refractivity contribution in [1.82, 2.24) is 24.6 Å². The van der Waals surface area contributed by atoms with Crippen molar-refractivity contribution in [3.8, 4) is 5.75 Å². The Kier molecular flexibility index (Phi) is 5.05. The van der Waals surface area contributed by atoms with E-state index in [1.165, 1.54) is 11.7 Å². The number of methoxy groups -OCH3 is 1. The van der Waals surface area contributed by atoms with Gasteiger partial charge in [-0.25, -0.2) is 9.67 Å². The van der Waals surface area contributed by atoms with Crippen LogP contribution in [0, 0.1) is 0 Å². The van der Waals surface area contributed by atoms with Gasteiger partial charge in [0.25, 0.3) is 11.5 Å². The van der Waals surface area contributed by atoms with Crippen molar-refractivity contribution >= 4 is 16.7 Å². The summed E-state index contributed by atoms with van der Waals surface area (Å²) in [7, 11) is 5.00. The molecule has 0 fully saturated rings. The third-order valence-corrected chi connectivity index (χ3v) is 5.01. The zero-order valence-electron chi connectivity index (χ0n) is 16.9. The van der Waals surface area contributed by atoms with Crippen LogP contribution in [-0.4, -0.2) is 32.3 Å². The number of hydrogen-bond donors (Lipinski definition) is 1. The molecule has 4 rings (SSSR count). The van der Waals surface area contributed by atoms with E-state index in [1.54, 1.807) is 37.6 Å². The van der Waals surface area contributed by atoms with E-state index in [-0.39, 0.29) is 11.3 Å². The molecule has 0 saturated carbocycles. The van der Waals surface area contributed by atoms with Gasteiger partial charge in [-0.1, -0.05) is 30.3 Å². The summed E-state index contributed by atoms with van der Waals surface area (Å²) in [5.41, 5.74) is 0.769. The van der Waals surface area contributed by atoms with Crippen LogP contribution in [0.4, 0.5) is 0 Å². The molecule has 0 radical (unpaired) electrons. The fourth-order valence-corrected chi connectivity index (χ4v) is 3.42. The van der Waals surface area contributed by atoms with Crippen LogP contribution in [0.5, 0.6) is 5.75 Å². The molecule has 0 spiro atoms. The molecular weight excluding hydrogens is 382 g/mol. The highest BCUT2D eigenvalue weighted by Gasteiger charge is 2.24. The zero-order chi connectivity index (χ0) is 21.3. The van der Waals surface area contributed by atoms with Gasteiger partial charge < -0.3 is 14.6 Å². The maximum Gasteiger partial charge on any atom is 0.274 e. The first-order valence-electron chi connectivity index (χ1n) is 9.37. The van der Waals surface area contributed by atoms with E-state index in [9.17, 15) is 9.59 Å². The van der Waals surface area contributed by atoms with Gasteiger partial charge in [0.05, 0.1) is 12.5 Å². The average molecular weight is 403 g/mol. The lowest BCUT2D eigenvalue weighted by atomic mass is 10.0. The van der Waals surface area contributed by atoms with Crippen LogP contribution in [0.15, 0.2) is 65.7 Å². The van der Waals surface area contributed by atoms with E-state index in [2.05, 4.69) is 15.4 Å². The number of rotatable bonds is 5. The van der Waals surface area contributed by atoms with Crippen LogP contribution < -0.4 is 15.6 Å². The topological polar surface area (TPSA) is 91.0 Å². The van der Waals surface area contributed by atoms with Crippen molar-refractivity contribution in [3.05, 3.63) is 88.4 Å². The van der Waals surface area contributed by atoms with Gasteiger partial charge in [-0.2, -0.15) is 5.10 Å². The van der Waals surface area contributed by atoms with Crippen molar-refractivity contribution in [2.24, 2.45) is 14.1 Å². The summed E-state index contributed by atoms with van der Waals surface area (Å²) in [4.78, 5) is 30.1. The number of carbonyl (C=O) groups excluding carboxylic acids is 1. The van der Waals surface area contributed by atoms with E-state index >= 15 is 0 Å². The molecule has 4 aromatic rings. The summed E-state index contributed by atoms with van der Waals surface area (Å²) in [6.45, 7) is 0. The summed E-state index contributed by atoms with van der Waals surface area (Å²) < 4.78 is 8.27. The molecule has 0 aliphatic carbocycles. The van der Waals surface area contributed by atoms with Crippen LogP contribution in [0.1, 0.15) is 27.9 Å². The summed E-state index contributed by atoms with van der Waals surface area (Å²) in [6.07, 6.45) is 3.50. The Hall–Kier alpha value is -3.94. The normalized spacial score (nSPS) is 12.0. The molecule has 1 amide bonds. The minimum atomic E-state index is -0.513. The zero-order valence-corrected chi connectivity index (χ0v) is 16.9. The van der Waals surface area contributed by atoms with E-state index < -0.39 is 11.9 Å². The number of hydrogen-bond acceptors (Lipinski definition) is 5. The van der Waals surface area contributed by atoms with Crippen molar-refractivity contribution < 1.29 is 9.53 Å². The number of amides is 1. The number of imidazole rings is 1. The molecule has 1 N–H and O–H groups in total. The fraction of sp³-hybridized carbons (Fsp3) is 0.182. The highest BCUT2D eigenvalue weighted by molar-refractivity contribution is 6.05. The van der Waals surface area contributed by atoms with Crippen LogP contribution in [0.3, 0.4) is 0 Å². The minimum absolute atomic E-state index is 0.181. The van der Waals surface area contributed by atoms with Gasteiger partial charge in [0.15, 0.2) is 5.69 Å². The Balaban J connectivity index is 1.78. The van der Waals surface area contributed by atoms with Gasteiger partial charge in [-0.05, 0) is 23.8 Å². The maximum absolute atomic E-state index is 13.3. The number of nitrogens with zero attached hydrogens (tertiary/aromatic N) is 4. The first-order valence-corrected chi connectivity index (χ1v) is 9.37. The Morgan fingerprint density at radius 1 is 1.07 bits per heavy atom. The highest BCUT2D eigenvalue weighted by Crippen LogP contribution is 2.24. The smallest absolute Gasteiger partial charge is 0.274 e. The number of fused-ring (bicyclic) bond motifs is 1. The SMILES string of the molecule is COc1ccc(C(NC(=O)c2nn(C)c(=O)c3ccccc23)c2nccn2C)cc1. The molecule has 1 unspecified atom stereocenters. The van der Waals surface area contributed by atoms with Gasteiger partial charge in [-0.15, -0.1) is 0 Å². The number of ether oxygens (including phenoxy) is 1. The summed E-state index contributed by atoms with van der Waals surface area (Å²) in [6, 6.07) is 13.9. The molecule has 30 heavy (non-hydrogen) atoms. The molecule has 1 atom stereocenters. The molecule has 2 aromatic carbocycles. The minimum Gasteiger partial charge on any atom is -0.497 e. The van der Waals surface area contributed by atoms with Gasteiger partial charge in [-0.3, -0.25) is 9.59 Å². The Bertz CT molecular complexity index is 1270. The van der Waals surface area contributed by atoms with E-state index in [0.29, 0.717) is 16.6 Å². The van der Waals surface area contributed by atoms with Gasteiger partial charge in [0.2, 0.25) is 0 Å². The molecule has 0 bridgehead atoms. The Morgan fingerprint density at radius 3 is 2.40 bits per heavy atom. The van der Waals surface area contributed by atoms with Crippen molar-refractivity contribution in [2.75, 3.05) is 7.11 Å². The van der Waals surface area contributed by atoms with Crippen LogP contribution in [0.25, 0.3) is 10.8 Å². The third-order valence-electron chi connectivity index (χ3n) is 5.01. The summed E-state index contributed by atoms with van der Waals surface area (Å²) in [5, 5.41) is 8.20. The van der Waals surface area contributed by atoms with Crippen LogP contribution in [-0.2, 0) is 14.1 Å². The quantitative estimate of drug-likeness (QED) is 0.552. The molecule has 0 aliphatic rings. The standard InChI is InChI=1S/C22H21N5O3/c1-26-13-12-23-20(26)18(14-8-10-15(30-3)11-9-14)24-21(28)19-16-6-4-5-7-17(16)22(29)27(2)25-19/h4-13,18H,1-3H3,(H,24,28). The van der Waals surface area contributed by atoms with Gasteiger partial charge >= 0.3 is 0 Å². The molecule has 2 aromatic heterocycles. The molecule has 0 aliphatic heterocycles. The number of nitrogens with one attached hydrogen (secondary N) is 1. The lowest BCUT2D eigenvalue weighted by Crippen LogP contribution is -2.33. The predicted molar refractivity (Wildman–Crippen MR) is 112 cm³/mol. The van der Waals surface area contributed by atoms with E-state index in [4.69, 9.17) is 4.74 Å². The van der Waals surface area contributed by atoms with E-state index in [1.807, 2.05) is 42.1 Å². The van der Waals surface area contributed by atoms with Gasteiger partial charge in [0, 0.05) is 31.9 Å². The van der Waals surface area contributed by atoms with Crippen molar-refractivity contribution in [1.29, 1.82) is 0 Å². The summed E-state index contributed by atoms with van der Waals surface area (Å²) in [5.74, 6) is 0.989. The lowest BCUT2D eigenvalue weighted by molar-refractivity contribution is 0.0936. The van der Waals surface area contributed by atoms with E-state index in [0.717, 1.165) is 11.3 Å². The average Bonchev–Trinajstić information content (AvgIpc) is 3.20.